The third kappa shape index (κ3) is 2.47. The van der Waals surface area contributed by atoms with Crippen LogP contribution < -0.4 is 0 Å². The fourth-order valence-electron chi connectivity index (χ4n) is 2.75. The number of rotatable bonds is 3. The molecule has 118 valence electrons. The molecule has 6 heteroatoms. The summed E-state index contributed by atoms with van der Waals surface area (Å²) in [5, 5.41) is 12.8. The Morgan fingerprint density at radius 1 is 1.08 bits per heavy atom. The van der Waals surface area contributed by atoms with Gasteiger partial charge < -0.3 is 4.98 Å². The van der Waals surface area contributed by atoms with E-state index < -0.39 is 0 Å². The van der Waals surface area contributed by atoms with Crippen LogP contribution in [0, 0.1) is 11.7 Å². The Bertz CT molecular complexity index is 1090. The van der Waals surface area contributed by atoms with E-state index in [0.29, 0.717) is 10.6 Å². The molecule has 2 N–H and O–H groups in total. The summed E-state index contributed by atoms with van der Waals surface area (Å²) in [6.45, 7) is 2.04. The summed E-state index contributed by atoms with van der Waals surface area (Å²) >= 11 is 5.32. The Morgan fingerprint density at radius 2 is 1.83 bits per heavy atom. The Morgan fingerprint density at radius 3 is 2.67 bits per heavy atom. The lowest BCUT2D eigenvalue weighted by Gasteiger charge is -2.00. The van der Waals surface area contributed by atoms with Gasteiger partial charge in [0.2, 0.25) is 4.77 Å². The molecule has 0 fully saturated rings. The molecule has 0 saturated carbocycles. The van der Waals surface area contributed by atoms with Gasteiger partial charge in [-0.2, -0.15) is 14.9 Å². The normalized spacial score (nSPS) is 11.5. The molecule has 4 aromatic rings. The lowest BCUT2D eigenvalue weighted by molar-refractivity contribution is 0.871. The van der Waals surface area contributed by atoms with Crippen molar-refractivity contribution < 1.29 is 0 Å². The minimum atomic E-state index is 0.461. The second-order valence-electron chi connectivity index (χ2n) is 5.48. The smallest absolute Gasteiger partial charge is 0.216 e. The molecule has 0 aliphatic carbocycles. The average molecular weight is 333 g/mol. The van der Waals surface area contributed by atoms with Crippen molar-refractivity contribution in [2.75, 3.05) is 0 Å². The van der Waals surface area contributed by atoms with Crippen LogP contribution >= 0.6 is 12.2 Å². The summed E-state index contributed by atoms with van der Waals surface area (Å²) in [7, 11) is 0. The molecule has 2 heterocycles. The zero-order valence-corrected chi connectivity index (χ0v) is 13.8. The molecule has 0 amide bonds. The van der Waals surface area contributed by atoms with Crippen molar-refractivity contribution >= 4 is 29.3 Å². The zero-order chi connectivity index (χ0) is 16.5. The van der Waals surface area contributed by atoms with E-state index in [1.54, 1.807) is 4.68 Å². The number of nitrogens with one attached hydrogen (secondary N) is 2. The Kier molecular flexibility index (Phi) is 3.59. The van der Waals surface area contributed by atoms with Gasteiger partial charge in [0.25, 0.3) is 0 Å². The summed E-state index contributed by atoms with van der Waals surface area (Å²) in [6.07, 6.45) is 1.83. The number of aromatic amines is 2. The van der Waals surface area contributed by atoms with E-state index in [-0.39, 0.29) is 0 Å². The fraction of sp³-hybridized carbons (Fsp3) is 0.0556. The van der Waals surface area contributed by atoms with Gasteiger partial charge in [0.15, 0.2) is 5.82 Å². The highest BCUT2D eigenvalue weighted by Gasteiger charge is 2.09. The molecular formula is C18H15N5S. The molecular weight excluding hydrogens is 318 g/mol. The molecule has 24 heavy (non-hydrogen) atoms. The molecule has 2 aromatic heterocycles. The Hall–Kier alpha value is -2.99. The van der Waals surface area contributed by atoms with Crippen molar-refractivity contribution in [1.29, 1.82) is 0 Å². The van der Waals surface area contributed by atoms with Crippen molar-refractivity contribution in [3.05, 3.63) is 70.6 Å². The highest BCUT2D eigenvalue weighted by atomic mass is 32.1. The van der Waals surface area contributed by atoms with Crippen LogP contribution in [0.2, 0.25) is 0 Å². The largest absolute Gasteiger partial charge is 0.358 e. The van der Waals surface area contributed by atoms with Gasteiger partial charge >= 0.3 is 0 Å². The molecule has 0 bridgehead atoms. The highest BCUT2D eigenvalue weighted by Crippen LogP contribution is 2.21. The summed E-state index contributed by atoms with van der Waals surface area (Å²) in [6, 6.07) is 18.0. The maximum Gasteiger partial charge on any atom is 0.216 e. The first-order valence-corrected chi connectivity index (χ1v) is 7.99. The second kappa shape index (κ2) is 5.90. The molecule has 0 atom stereocenters. The van der Waals surface area contributed by atoms with E-state index in [1.807, 2.05) is 55.6 Å². The molecule has 0 saturated heterocycles. The van der Waals surface area contributed by atoms with Crippen molar-refractivity contribution in [2.45, 2.75) is 6.92 Å². The topological polar surface area (TPSA) is 61.8 Å². The van der Waals surface area contributed by atoms with Crippen LogP contribution in [-0.2, 0) is 0 Å². The molecule has 4 rings (SSSR count). The van der Waals surface area contributed by atoms with Crippen LogP contribution in [-0.4, -0.2) is 26.1 Å². The SMILES string of the molecule is Cc1[nH]c2ccccc2c1/C=N\n1c(-c2ccccc2)n[nH]c1=S. The van der Waals surface area contributed by atoms with Crippen molar-refractivity contribution in [1.82, 2.24) is 19.9 Å². The average Bonchev–Trinajstić information content (AvgIpc) is 3.13. The van der Waals surface area contributed by atoms with Crippen LogP contribution in [0.4, 0.5) is 0 Å². The lowest BCUT2D eigenvalue weighted by Crippen LogP contribution is -1.95. The molecule has 0 spiro atoms. The minimum absolute atomic E-state index is 0.461. The molecule has 0 radical (unpaired) electrons. The summed E-state index contributed by atoms with van der Waals surface area (Å²) < 4.78 is 2.11. The second-order valence-corrected chi connectivity index (χ2v) is 5.87. The van der Waals surface area contributed by atoms with Gasteiger partial charge in [0, 0.05) is 27.7 Å². The fourth-order valence-corrected chi connectivity index (χ4v) is 2.93. The van der Waals surface area contributed by atoms with Crippen molar-refractivity contribution in [2.24, 2.45) is 5.10 Å². The summed E-state index contributed by atoms with van der Waals surface area (Å²) in [4.78, 5) is 3.37. The monoisotopic (exact) mass is 333 g/mol. The number of H-pyrrole nitrogens is 2. The van der Waals surface area contributed by atoms with E-state index in [9.17, 15) is 0 Å². The molecule has 5 nitrogen and oxygen atoms in total. The van der Waals surface area contributed by atoms with Gasteiger partial charge in [-0.15, -0.1) is 0 Å². The van der Waals surface area contributed by atoms with E-state index in [0.717, 1.165) is 27.7 Å². The van der Waals surface area contributed by atoms with Gasteiger partial charge in [0.1, 0.15) is 0 Å². The number of para-hydroxylation sites is 1. The Balaban J connectivity index is 1.81. The van der Waals surface area contributed by atoms with Gasteiger partial charge in [-0.25, -0.2) is 5.10 Å². The minimum Gasteiger partial charge on any atom is -0.358 e. The molecule has 0 aliphatic heterocycles. The number of hydrogen-bond donors (Lipinski definition) is 2. The van der Waals surface area contributed by atoms with Crippen LogP contribution in [0.25, 0.3) is 22.3 Å². The highest BCUT2D eigenvalue weighted by molar-refractivity contribution is 7.71. The van der Waals surface area contributed by atoms with Crippen LogP contribution in [0.1, 0.15) is 11.3 Å². The van der Waals surface area contributed by atoms with Crippen LogP contribution in [0.5, 0.6) is 0 Å². The summed E-state index contributed by atoms with van der Waals surface area (Å²) in [5.74, 6) is 0.689. The number of hydrogen-bond acceptors (Lipinski definition) is 3. The van der Waals surface area contributed by atoms with Gasteiger partial charge in [-0.05, 0) is 25.2 Å². The van der Waals surface area contributed by atoms with Gasteiger partial charge in [-0.1, -0.05) is 48.5 Å². The standard InChI is InChI=1S/C18H15N5S/c1-12-15(14-9-5-6-10-16(14)20-12)11-19-23-17(21-22-18(23)24)13-7-3-2-4-8-13/h2-11,20H,1H3,(H,22,24)/b19-11-. The van der Waals surface area contributed by atoms with Crippen LogP contribution in [0.15, 0.2) is 59.7 Å². The number of benzene rings is 2. The van der Waals surface area contributed by atoms with Crippen molar-refractivity contribution in [3.8, 4) is 11.4 Å². The molecule has 0 unspecified atom stereocenters. The first kappa shape index (κ1) is 14.6. The van der Waals surface area contributed by atoms with Gasteiger partial charge in [0.05, 0.1) is 6.21 Å². The lowest BCUT2D eigenvalue weighted by atomic mass is 10.1. The van der Waals surface area contributed by atoms with E-state index in [1.165, 1.54) is 0 Å². The third-order valence-electron chi connectivity index (χ3n) is 3.93. The number of aryl methyl sites for hydroxylation is 1. The predicted octanol–water partition coefficient (Wildman–Crippen LogP) is 4.28. The molecule has 0 aliphatic rings. The summed E-state index contributed by atoms with van der Waals surface area (Å²) in [5.41, 5.74) is 4.16. The Labute approximate surface area is 143 Å². The third-order valence-corrected chi connectivity index (χ3v) is 4.19. The maximum absolute atomic E-state index is 5.32. The maximum atomic E-state index is 5.32. The predicted molar refractivity (Wildman–Crippen MR) is 98.9 cm³/mol. The van der Waals surface area contributed by atoms with Gasteiger partial charge in [-0.3, -0.25) is 0 Å². The number of fused-ring (bicyclic) bond motifs is 1. The molecule has 2 aromatic carbocycles. The quantitative estimate of drug-likeness (QED) is 0.434. The number of aromatic nitrogens is 4. The number of nitrogens with zero attached hydrogens (tertiary/aromatic N) is 3. The zero-order valence-electron chi connectivity index (χ0n) is 13.0. The van der Waals surface area contributed by atoms with E-state index in [2.05, 4.69) is 32.4 Å². The van der Waals surface area contributed by atoms with Crippen LogP contribution in [0.3, 0.4) is 0 Å². The first-order chi connectivity index (χ1) is 11.7. The van der Waals surface area contributed by atoms with Crippen molar-refractivity contribution in [3.63, 3.8) is 0 Å². The van der Waals surface area contributed by atoms with E-state index >= 15 is 0 Å². The van der Waals surface area contributed by atoms with E-state index in [4.69, 9.17) is 12.2 Å². The first-order valence-electron chi connectivity index (χ1n) is 7.58.